The van der Waals surface area contributed by atoms with E-state index in [1.54, 1.807) is 0 Å². The van der Waals surface area contributed by atoms with Crippen molar-refractivity contribution < 1.29 is 4.74 Å². The third-order valence-corrected chi connectivity index (χ3v) is 7.86. The number of rotatable bonds is 2. The van der Waals surface area contributed by atoms with Gasteiger partial charge in [-0.05, 0) is 0 Å². The summed E-state index contributed by atoms with van der Waals surface area (Å²) in [6, 6.07) is 11.0. The molecule has 3 atom stereocenters. The van der Waals surface area contributed by atoms with Crippen molar-refractivity contribution in [1.29, 1.82) is 0 Å². The van der Waals surface area contributed by atoms with Crippen molar-refractivity contribution in [2.75, 3.05) is 0 Å². The third kappa shape index (κ3) is 2.15. The molecular weight excluding hydrogens is 287 g/mol. The molecule has 0 aromatic heterocycles. The van der Waals surface area contributed by atoms with Gasteiger partial charge in [0.25, 0.3) is 0 Å². The molecule has 3 aliphatic rings. The van der Waals surface area contributed by atoms with Crippen molar-refractivity contribution in [1.82, 2.24) is 0 Å². The van der Waals surface area contributed by atoms with Crippen LogP contribution in [0.1, 0.15) is 40.0 Å². The van der Waals surface area contributed by atoms with Gasteiger partial charge < -0.3 is 0 Å². The van der Waals surface area contributed by atoms with E-state index in [0.29, 0.717) is 15.0 Å². The molecule has 2 saturated heterocycles. The van der Waals surface area contributed by atoms with Crippen LogP contribution in [-0.2, 0) is 4.74 Å². The monoisotopic (exact) mass is 310 g/mol. The Balaban J connectivity index is 1.79. The molecule has 0 radical (unpaired) electrons. The predicted molar refractivity (Wildman–Crippen MR) is 76.5 cm³/mol. The van der Waals surface area contributed by atoms with Crippen LogP contribution >= 0.6 is 0 Å². The average molecular weight is 309 g/mol. The zero-order chi connectivity index (χ0) is 12.8. The van der Waals surface area contributed by atoms with Crippen molar-refractivity contribution in [2.45, 2.75) is 56.1 Å². The molecular formula is C16H22OSe. The van der Waals surface area contributed by atoms with Crippen LogP contribution in [0.5, 0.6) is 0 Å². The van der Waals surface area contributed by atoms with Gasteiger partial charge in [-0.15, -0.1) is 0 Å². The number of benzene rings is 1. The van der Waals surface area contributed by atoms with Crippen LogP contribution in [0.25, 0.3) is 0 Å². The Morgan fingerprint density at radius 1 is 1.17 bits per heavy atom. The van der Waals surface area contributed by atoms with Crippen molar-refractivity contribution >= 4 is 19.4 Å². The van der Waals surface area contributed by atoms with E-state index >= 15 is 0 Å². The number of hydrogen-bond donors (Lipinski definition) is 0. The Morgan fingerprint density at radius 3 is 2.50 bits per heavy atom. The van der Waals surface area contributed by atoms with Gasteiger partial charge in [0, 0.05) is 0 Å². The molecule has 1 saturated carbocycles. The quantitative estimate of drug-likeness (QED) is 0.763. The number of fused-ring (bicyclic) bond motifs is 3. The van der Waals surface area contributed by atoms with E-state index in [1.807, 2.05) is 0 Å². The van der Waals surface area contributed by atoms with Crippen molar-refractivity contribution in [2.24, 2.45) is 5.92 Å². The first-order valence-electron chi connectivity index (χ1n) is 6.91. The Kier molecular flexibility index (Phi) is 3.09. The van der Waals surface area contributed by atoms with Crippen LogP contribution in [-0.4, -0.2) is 26.2 Å². The summed E-state index contributed by atoms with van der Waals surface area (Å²) in [5.74, 6) is 0.759. The Bertz CT molecular complexity index is 428. The fourth-order valence-electron chi connectivity index (χ4n) is 3.52. The molecule has 98 valence electrons. The summed E-state index contributed by atoms with van der Waals surface area (Å²) in [6.45, 7) is 6.90. The molecule has 18 heavy (non-hydrogen) atoms. The summed E-state index contributed by atoms with van der Waals surface area (Å²) in [5.41, 5.74) is 0.213. The van der Waals surface area contributed by atoms with E-state index < -0.39 is 0 Å². The molecule has 2 bridgehead atoms. The number of ether oxygens (including phenoxy) is 1. The fraction of sp³-hybridized carbons (Fsp3) is 0.625. The molecule has 1 aromatic carbocycles. The molecule has 0 amide bonds. The molecule has 1 aliphatic carbocycles. The molecule has 2 heterocycles. The summed E-state index contributed by atoms with van der Waals surface area (Å²) < 4.78 is 7.98. The van der Waals surface area contributed by atoms with Crippen molar-refractivity contribution in [3.05, 3.63) is 30.3 Å². The van der Waals surface area contributed by atoms with Crippen molar-refractivity contribution in [3.8, 4) is 0 Å². The molecule has 0 spiro atoms. The molecule has 0 unspecified atom stereocenters. The Labute approximate surface area is 116 Å². The Morgan fingerprint density at radius 2 is 1.89 bits per heavy atom. The third-order valence-electron chi connectivity index (χ3n) is 4.67. The van der Waals surface area contributed by atoms with Gasteiger partial charge in [0.05, 0.1) is 0 Å². The Hall–Kier alpha value is -0.301. The van der Waals surface area contributed by atoms with Gasteiger partial charge in [-0.1, -0.05) is 0 Å². The van der Waals surface area contributed by atoms with E-state index in [4.69, 9.17) is 4.74 Å². The standard InChI is InChI=1S/C16H22OSe/c1-15(2)12-9-10-16(3,17-15)14(11-12)18-13-7-5-4-6-8-13/h4-8,12,14H,9-11H2,1-3H3/t12-,14+,16+/m0/s1. The first-order valence-corrected chi connectivity index (χ1v) is 8.76. The summed E-state index contributed by atoms with van der Waals surface area (Å²) in [5, 5.41) is 0. The second-order valence-corrected chi connectivity index (χ2v) is 9.09. The summed E-state index contributed by atoms with van der Waals surface area (Å²) in [7, 11) is 0. The van der Waals surface area contributed by atoms with Gasteiger partial charge in [0.1, 0.15) is 0 Å². The maximum absolute atomic E-state index is 6.46. The molecule has 2 heteroatoms. The molecule has 1 aromatic rings. The second kappa shape index (κ2) is 4.37. The van der Waals surface area contributed by atoms with Gasteiger partial charge in [0.2, 0.25) is 0 Å². The minimum absolute atomic E-state index is 0.0935. The molecule has 0 N–H and O–H groups in total. The molecule has 3 fully saturated rings. The summed E-state index contributed by atoms with van der Waals surface area (Å²) in [6.07, 6.45) is 3.96. The van der Waals surface area contributed by atoms with Crippen LogP contribution < -0.4 is 4.46 Å². The predicted octanol–water partition coefficient (Wildman–Crippen LogP) is 3.17. The van der Waals surface area contributed by atoms with Crippen LogP contribution in [0.15, 0.2) is 30.3 Å². The van der Waals surface area contributed by atoms with Crippen molar-refractivity contribution in [3.63, 3.8) is 0 Å². The van der Waals surface area contributed by atoms with Gasteiger partial charge in [0.15, 0.2) is 0 Å². The fourth-order valence-corrected chi connectivity index (χ4v) is 6.43. The van der Waals surface area contributed by atoms with E-state index in [0.717, 1.165) is 10.7 Å². The van der Waals surface area contributed by atoms with Gasteiger partial charge in [-0.3, -0.25) is 0 Å². The molecule has 4 rings (SSSR count). The SMILES string of the molecule is CC1(C)O[C@]2(C)CC[C@H]1C[C@H]2[Se]c1ccccc1. The summed E-state index contributed by atoms with van der Waals surface area (Å²) in [4.78, 5) is 0.749. The van der Waals surface area contributed by atoms with E-state index in [9.17, 15) is 0 Å². The van der Waals surface area contributed by atoms with E-state index in [-0.39, 0.29) is 11.2 Å². The van der Waals surface area contributed by atoms with Crippen LogP contribution in [0.4, 0.5) is 0 Å². The zero-order valence-corrected chi connectivity index (χ0v) is 13.2. The normalized spacial score (nSPS) is 37.7. The summed E-state index contributed by atoms with van der Waals surface area (Å²) >= 11 is 0.547. The van der Waals surface area contributed by atoms with E-state index in [2.05, 4.69) is 51.1 Å². The van der Waals surface area contributed by atoms with Gasteiger partial charge in [-0.25, -0.2) is 0 Å². The first-order chi connectivity index (χ1) is 8.50. The molecule has 2 aliphatic heterocycles. The van der Waals surface area contributed by atoms with Crippen LogP contribution in [0, 0.1) is 5.92 Å². The second-order valence-electron chi connectivity index (χ2n) is 6.41. The van der Waals surface area contributed by atoms with Gasteiger partial charge >= 0.3 is 116 Å². The van der Waals surface area contributed by atoms with Gasteiger partial charge in [-0.2, -0.15) is 0 Å². The zero-order valence-electron chi connectivity index (χ0n) is 11.5. The van der Waals surface area contributed by atoms with E-state index in [1.165, 1.54) is 23.7 Å². The van der Waals surface area contributed by atoms with Crippen LogP contribution in [0.3, 0.4) is 0 Å². The maximum atomic E-state index is 6.46. The topological polar surface area (TPSA) is 9.23 Å². The molecule has 1 nitrogen and oxygen atoms in total. The minimum atomic E-state index is 0.0935. The number of hydrogen-bond acceptors (Lipinski definition) is 1. The average Bonchev–Trinajstić information content (AvgIpc) is 2.31. The first kappa shape index (κ1) is 12.7. The van der Waals surface area contributed by atoms with Crippen LogP contribution in [0.2, 0.25) is 4.82 Å².